The summed E-state index contributed by atoms with van der Waals surface area (Å²) in [6.07, 6.45) is 7.13. The van der Waals surface area contributed by atoms with E-state index >= 15 is 0 Å². The van der Waals surface area contributed by atoms with Gasteiger partial charge in [-0.25, -0.2) is 4.98 Å². The molecule has 1 heterocycles. The molecule has 2 nitrogen and oxygen atoms in total. The minimum atomic E-state index is 0.282. The van der Waals surface area contributed by atoms with Gasteiger partial charge in [0.25, 0.3) is 0 Å². The Morgan fingerprint density at radius 1 is 1.62 bits per heavy atom. The Kier molecular flexibility index (Phi) is 4.29. The van der Waals surface area contributed by atoms with E-state index in [-0.39, 0.29) is 5.38 Å². The molecule has 0 spiro atoms. The standard InChI is InChI=1S/C10H17ClN2/c1-3-13-8-7-12-10(13)6-4-5-9(2)11/h7-9H,3-6H2,1-2H3. The number of aromatic nitrogens is 2. The first-order valence-corrected chi connectivity index (χ1v) is 5.31. The van der Waals surface area contributed by atoms with Gasteiger partial charge in [-0.1, -0.05) is 0 Å². The van der Waals surface area contributed by atoms with Crippen LogP contribution in [-0.2, 0) is 13.0 Å². The van der Waals surface area contributed by atoms with E-state index in [2.05, 4.69) is 16.5 Å². The van der Waals surface area contributed by atoms with Crippen LogP contribution in [0.1, 0.15) is 32.5 Å². The second kappa shape index (κ2) is 5.28. The average molecular weight is 201 g/mol. The molecule has 1 aromatic rings. The van der Waals surface area contributed by atoms with Crippen molar-refractivity contribution in [3.8, 4) is 0 Å². The zero-order valence-corrected chi connectivity index (χ0v) is 9.09. The van der Waals surface area contributed by atoms with Crippen LogP contribution in [0.5, 0.6) is 0 Å². The molecule has 0 aromatic carbocycles. The Labute approximate surface area is 84.9 Å². The SMILES string of the molecule is CCn1ccnc1CCCC(C)Cl. The predicted octanol–water partition coefficient (Wildman–Crippen LogP) is 2.85. The average Bonchev–Trinajstić information content (AvgIpc) is 2.51. The van der Waals surface area contributed by atoms with Crippen molar-refractivity contribution in [1.29, 1.82) is 0 Å². The number of nitrogens with zero attached hydrogens (tertiary/aromatic N) is 2. The fourth-order valence-electron chi connectivity index (χ4n) is 1.40. The zero-order valence-electron chi connectivity index (χ0n) is 8.33. The second-order valence-corrected chi connectivity index (χ2v) is 4.05. The van der Waals surface area contributed by atoms with Crippen LogP contribution in [0.25, 0.3) is 0 Å². The summed E-state index contributed by atoms with van der Waals surface area (Å²) in [7, 11) is 0. The topological polar surface area (TPSA) is 17.8 Å². The van der Waals surface area contributed by atoms with Crippen LogP contribution in [0.2, 0.25) is 0 Å². The third-order valence-corrected chi connectivity index (χ3v) is 2.36. The van der Waals surface area contributed by atoms with Crippen LogP contribution in [0.15, 0.2) is 12.4 Å². The Bertz CT molecular complexity index is 243. The molecular weight excluding hydrogens is 184 g/mol. The van der Waals surface area contributed by atoms with Gasteiger partial charge in [0.05, 0.1) is 0 Å². The van der Waals surface area contributed by atoms with Gasteiger partial charge in [0.1, 0.15) is 5.82 Å². The number of imidazole rings is 1. The van der Waals surface area contributed by atoms with Crippen molar-refractivity contribution < 1.29 is 0 Å². The van der Waals surface area contributed by atoms with Crippen LogP contribution in [-0.4, -0.2) is 14.9 Å². The van der Waals surface area contributed by atoms with Crippen molar-refractivity contribution >= 4 is 11.6 Å². The molecule has 0 saturated carbocycles. The number of alkyl halides is 1. The molecule has 0 bridgehead atoms. The highest BCUT2D eigenvalue weighted by molar-refractivity contribution is 6.20. The highest BCUT2D eigenvalue weighted by atomic mass is 35.5. The minimum absolute atomic E-state index is 0.282. The number of hydrogen-bond donors (Lipinski definition) is 0. The highest BCUT2D eigenvalue weighted by Crippen LogP contribution is 2.08. The molecule has 0 aliphatic carbocycles. The van der Waals surface area contributed by atoms with E-state index in [0.717, 1.165) is 25.8 Å². The number of aryl methyl sites for hydroxylation is 2. The summed E-state index contributed by atoms with van der Waals surface area (Å²) in [5.41, 5.74) is 0. The summed E-state index contributed by atoms with van der Waals surface area (Å²) in [6.45, 7) is 5.18. The maximum Gasteiger partial charge on any atom is 0.108 e. The third kappa shape index (κ3) is 3.39. The molecule has 13 heavy (non-hydrogen) atoms. The Hall–Kier alpha value is -0.500. The maximum atomic E-state index is 5.86. The normalized spacial score (nSPS) is 13.2. The second-order valence-electron chi connectivity index (χ2n) is 3.30. The summed E-state index contributed by atoms with van der Waals surface area (Å²) in [6, 6.07) is 0. The lowest BCUT2D eigenvalue weighted by atomic mass is 10.2. The van der Waals surface area contributed by atoms with Crippen LogP contribution in [0, 0.1) is 0 Å². The first-order valence-electron chi connectivity index (χ1n) is 4.88. The largest absolute Gasteiger partial charge is 0.335 e. The zero-order chi connectivity index (χ0) is 9.68. The van der Waals surface area contributed by atoms with Gasteiger partial charge in [0, 0.05) is 30.7 Å². The molecular formula is C10H17ClN2. The van der Waals surface area contributed by atoms with Crippen LogP contribution in [0.4, 0.5) is 0 Å². The molecule has 0 amide bonds. The first kappa shape index (κ1) is 10.6. The first-order chi connectivity index (χ1) is 6.24. The molecule has 0 aliphatic heterocycles. The molecule has 74 valence electrons. The monoisotopic (exact) mass is 200 g/mol. The van der Waals surface area contributed by atoms with E-state index in [1.54, 1.807) is 0 Å². The van der Waals surface area contributed by atoms with Crippen molar-refractivity contribution in [2.24, 2.45) is 0 Å². The summed E-state index contributed by atoms with van der Waals surface area (Å²) in [5.74, 6) is 1.18. The third-order valence-electron chi connectivity index (χ3n) is 2.14. The van der Waals surface area contributed by atoms with Crippen molar-refractivity contribution in [3.05, 3.63) is 18.2 Å². The van der Waals surface area contributed by atoms with Crippen LogP contribution < -0.4 is 0 Å². The summed E-state index contributed by atoms with van der Waals surface area (Å²) in [4.78, 5) is 4.30. The Morgan fingerprint density at radius 2 is 2.38 bits per heavy atom. The molecule has 1 rings (SSSR count). The van der Waals surface area contributed by atoms with Crippen LogP contribution >= 0.6 is 11.6 Å². The molecule has 0 radical (unpaired) electrons. The van der Waals surface area contributed by atoms with E-state index in [1.165, 1.54) is 5.82 Å². The lowest BCUT2D eigenvalue weighted by Gasteiger charge is -2.05. The van der Waals surface area contributed by atoms with Gasteiger partial charge in [-0.2, -0.15) is 0 Å². The molecule has 1 aromatic heterocycles. The molecule has 0 aliphatic rings. The quantitative estimate of drug-likeness (QED) is 0.669. The number of halogens is 1. The van der Waals surface area contributed by atoms with E-state index in [9.17, 15) is 0 Å². The fraction of sp³-hybridized carbons (Fsp3) is 0.700. The Morgan fingerprint density at radius 3 is 3.00 bits per heavy atom. The lowest BCUT2D eigenvalue weighted by molar-refractivity contribution is 0.643. The van der Waals surface area contributed by atoms with Crippen molar-refractivity contribution in [2.75, 3.05) is 0 Å². The van der Waals surface area contributed by atoms with E-state index < -0.39 is 0 Å². The van der Waals surface area contributed by atoms with E-state index in [0.29, 0.717) is 0 Å². The van der Waals surface area contributed by atoms with Gasteiger partial charge in [-0.15, -0.1) is 11.6 Å². The van der Waals surface area contributed by atoms with Gasteiger partial charge in [-0.3, -0.25) is 0 Å². The van der Waals surface area contributed by atoms with Crippen molar-refractivity contribution in [1.82, 2.24) is 9.55 Å². The minimum Gasteiger partial charge on any atom is -0.335 e. The van der Waals surface area contributed by atoms with Crippen molar-refractivity contribution in [3.63, 3.8) is 0 Å². The van der Waals surface area contributed by atoms with Gasteiger partial charge in [-0.05, 0) is 26.7 Å². The van der Waals surface area contributed by atoms with Gasteiger partial charge < -0.3 is 4.57 Å². The lowest BCUT2D eigenvalue weighted by Crippen LogP contribution is -2.02. The number of hydrogen-bond acceptors (Lipinski definition) is 1. The van der Waals surface area contributed by atoms with Crippen molar-refractivity contribution in [2.45, 2.75) is 45.0 Å². The predicted molar refractivity (Wildman–Crippen MR) is 56.2 cm³/mol. The molecule has 0 saturated heterocycles. The summed E-state index contributed by atoms with van der Waals surface area (Å²) >= 11 is 5.86. The molecule has 1 atom stereocenters. The van der Waals surface area contributed by atoms with E-state index in [4.69, 9.17) is 11.6 Å². The molecule has 3 heteroatoms. The smallest absolute Gasteiger partial charge is 0.108 e. The van der Waals surface area contributed by atoms with E-state index in [1.807, 2.05) is 19.3 Å². The Balaban J connectivity index is 2.36. The molecule has 0 fully saturated rings. The maximum absolute atomic E-state index is 5.86. The van der Waals surface area contributed by atoms with Gasteiger partial charge in [0.2, 0.25) is 0 Å². The highest BCUT2D eigenvalue weighted by Gasteiger charge is 2.02. The summed E-state index contributed by atoms with van der Waals surface area (Å²) < 4.78 is 2.18. The van der Waals surface area contributed by atoms with Gasteiger partial charge in [0.15, 0.2) is 0 Å². The summed E-state index contributed by atoms with van der Waals surface area (Å²) in [5, 5.41) is 0.282. The fourth-order valence-corrected chi connectivity index (χ4v) is 1.55. The molecule has 0 N–H and O–H groups in total. The molecule has 1 unspecified atom stereocenters. The van der Waals surface area contributed by atoms with Gasteiger partial charge >= 0.3 is 0 Å². The van der Waals surface area contributed by atoms with Crippen LogP contribution in [0.3, 0.4) is 0 Å². The number of rotatable bonds is 5.